The largest absolute Gasteiger partial charge is 0.365 e. The van der Waals surface area contributed by atoms with E-state index in [1.165, 1.54) is 25.7 Å². The second kappa shape index (κ2) is 8.97. The zero-order chi connectivity index (χ0) is 15.4. The van der Waals surface area contributed by atoms with Gasteiger partial charge < -0.3 is 14.6 Å². The molecule has 1 aromatic rings. The molecule has 2 fully saturated rings. The molecule has 1 saturated carbocycles. The van der Waals surface area contributed by atoms with E-state index < -0.39 is 0 Å². The van der Waals surface area contributed by atoms with Crippen molar-refractivity contribution in [2.24, 2.45) is 0 Å². The molecule has 1 N–H and O–H groups in total. The van der Waals surface area contributed by atoms with Gasteiger partial charge in [0.1, 0.15) is 6.10 Å². The predicted octanol–water partition coefficient (Wildman–Crippen LogP) is 2.87. The van der Waals surface area contributed by atoms with E-state index in [1.54, 1.807) is 0 Å². The number of nitrogens with zero attached hydrogens (tertiary/aromatic N) is 3. The Morgan fingerprint density at radius 3 is 2.70 bits per heavy atom. The molecule has 0 amide bonds. The van der Waals surface area contributed by atoms with E-state index in [0.29, 0.717) is 12.0 Å². The van der Waals surface area contributed by atoms with Gasteiger partial charge in [0.25, 0.3) is 5.89 Å². The number of ether oxygens (including phenoxy) is 1. The van der Waals surface area contributed by atoms with Crippen LogP contribution in [0.5, 0.6) is 0 Å². The Morgan fingerprint density at radius 1 is 1.26 bits per heavy atom. The SMILES string of the molecule is CC(OC1CCCCCC1)c1nc(C2CNCCN2C)no1.Cl. The summed E-state index contributed by atoms with van der Waals surface area (Å²) in [5.74, 6) is 1.37. The monoisotopic (exact) mass is 344 g/mol. The van der Waals surface area contributed by atoms with Crippen molar-refractivity contribution in [3.05, 3.63) is 11.7 Å². The maximum absolute atomic E-state index is 6.16. The lowest BCUT2D eigenvalue weighted by molar-refractivity contribution is -0.0259. The van der Waals surface area contributed by atoms with Gasteiger partial charge >= 0.3 is 0 Å². The lowest BCUT2D eigenvalue weighted by Gasteiger charge is -2.30. The fraction of sp³-hybridized carbons (Fsp3) is 0.875. The molecule has 2 heterocycles. The lowest BCUT2D eigenvalue weighted by Crippen LogP contribution is -2.44. The van der Waals surface area contributed by atoms with Gasteiger partial charge in [0, 0.05) is 19.6 Å². The van der Waals surface area contributed by atoms with Crippen molar-refractivity contribution >= 4 is 12.4 Å². The number of rotatable bonds is 4. The zero-order valence-corrected chi connectivity index (χ0v) is 15.0. The molecule has 7 heteroatoms. The van der Waals surface area contributed by atoms with E-state index in [1.807, 2.05) is 6.92 Å². The van der Waals surface area contributed by atoms with Crippen molar-refractivity contribution in [2.75, 3.05) is 26.7 Å². The first kappa shape index (κ1) is 18.6. The molecule has 0 bridgehead atoms. The third kappa shape index (κ3) is 4.89. The Labute approximate surface area is 144 Å². The van der Waals surface area contributed by atoms with Gasteiger partial charge in [-0.1, -0.05) is 30.8 Å². The van der Waals surface area contributed by atoms with Gasteiger partial charge in [-0.3, -0.25) is 4.90 Å². The summed E-state index contributed by atoms with van der Waals surface area (Å²) in [4.78, 5) is 6.85. The molecule has 23 heavy (non-hydrogen) atoms. The molecule has 1 aliphatic carbocycles. The van der Waals surface area contributed by atoms with Crippen molar-refractivity contribution in [3.63, 3.8) is 0 Å². The first-order chi connectivity index (χ1) is 10.7. The second-order valence-electron chi connectivity index (χ2n) is 6.58. The van der Waals surface area contributed by atoms with Gasteiger partial charge in [-0.05, 0) is 26.8 Å². The summed E-state index contributed by atoms with van der Waals surface area (Å²) in [5.41, 5.74) is 0. The van der Waals surface area contributed by atoms with Crippen molar-refractivity contribution in [1.82, 2.24) is 20.4 Å². The minimum absolute atomic E-state index is 0. The molecule has 1 aromatic heterocycles. The van der Waals surface area contributed by atoms with E-state index in [4.69, 9.17) is 9.26 Å². The van der Waals surface area contributed by atoms with Crippen LogP contribution in [0.4, 0.5) is 0 Å². The molecule has 1 aliphatic heterocycles. The fourth-order valence-electron chi connectivity index (χ4n) is 3.37. The van der Waals surface area contributed by atoms with Crippen molar-refractivity contribution in [3.8, 4) is 0 Å². The Kier molecular flexibility index (Phi) is 7.27. The molecule has 3 rings (SSSR count). The van der Waals surface area contributed by atoms with Crippen LogP contribution in [-0.2, 0) is 4.74 Å². The average Bonchev–Trinajstić information content (AvgIpc) is 2.87. The number of piperazine rings is 1. The molecule has 0 radical (unpaired) electrons. The van der Waals surface area contributed by atoms with E-state index in [0.717, 1.165) is 38.3 Å². The standard InChI is InChI=1S/C16H28N4O2.ClH/c1-12(21-13-7-5-3-4-6-8-13)16-18-15(19-22-16)14-11-17-9-10-20(14)2;/h12-14,17H,3-11H2,1-2H3;1H. The van der Waals surface area contributed by atoms with Gasteiger partial charge in [-0.15, -0.1) is 12.4 Å². The number of hydrogen-bond donors (Lipinski definition) is 1. The van der Waals surface area contributed by atoms with E-state index in [-0.39, 0.29) is 24.6 Å². The highest BCUT2D eigenvalue weighted by atomic mass is 35.5. The van der Waals surface area contributed by atoms with Gasteiger partial charge in [0.05, 0.1) is 12.1 Å². The van der Waals surface area contributed by atoms with Crippen molar-refractivity contribution < 1.29 is 9.26 Å². The van der Waals surface area contributed by atoms with Gasteiger partial charge in [0.15, 0.2) is 5.82 Å². The Morgan fingerprint density at radius 2 is 2.00 bits per heavy atom. The Balaban J connectivity index is 0.00000192. The number of nitrogens with one attached hydrogen (secondary N) is 1. The summed E-state index contributed by atoms with van der Waals surface area (Å²) >= 11 is 0. The molecule has 6 nitrogen and oxygen atoms in total. The first-order valence-electron chi connectivity index (χ1n) is 8.64. The van der Waals surface area contributed by atoms with Crippen LogP contribution in [-0.4, -0.2) is 47.8 Å². The Hall–Kier alpha value is -0.690. The molecular weight excluding hydrogens is 316 g/mol. The molecule has 2 aliphatic rings. The Bertz CT molecular complexity index is 463. The van der Waals surface area contributed by atoms with Crippen LogP contribution in [0.3, 0.4) is 0 Å². The first-order valence-corrected chi connectivity index (χ1v) is 8.64. The third-order valence-electron chi connectivity index (χ3n) is 4.81. The summed E-state index contributed by atoms with van der Waals surface area (Å²) in [6.07, 6.45) is 7.73. The van der Waals surface area contributed by atoms with Crippen LogP contribution in [0.25, 0.3) is 0 Å². The minimum atomic E-state index is -0.119. The third-order valence-corrected chi connectivity index (χ3v) is 4.81. The number of halogens is 1. The lowest BCUT2D eigenvalue weighted by atomic mass is 10.1. The number of likely N-dealkylation sites (N-methyl/N-ethyl adjacent to an activating group) is 1. The topological polar surface area (TPSA) is 63.4 Å². The molecule has 132 valence electrons. The molecule has 2 unspecified atom stereocenters. The van der Waals surface area contributed by atoms with Crippen LogP contribution in [0, 0.1) is 0 Å². The molecule has 2 atom stereocenters. The normalized spacial score (nSPS) is 25.6. The predicted molar refractivity (Wildman–Crippen MR) is 90.8 cm³/mol. The van der Waals surface area contributed by atoms with E-state index in [2.05, 4.69) is 27.4 Å². The molecule has 0 spiro atoms. The average molecular weight is 345 g/mol. The van der Waals surface area contributed by atoms with Crippen LogP contribution in [0.1, 0.15) is 69.3 Å². The molecular formula is C16H29ClN4O2. The summed E-state index contributed by atoms with van der Waals surface area (Å²) in [6, 6.07) is 0.191. The van der Waals surface area contributed by atoms with Crippen molar-refractivity contribution in [2.45, 2.75) is 63.7 Å². The summed E-state index contributed by atoms with van der Waals surface area (Å²) in [5, 5.41) is 7.56. The smallest absolute Gasteiger partial charge is 0.255 e. The van der Waals surface area contributed by atoms with Gasteiger partial charge in [-0.25, -0.2) is 0 Å². The van der Waals surface area contributed by atoms with Gasteiger partial charge in [0.2, 0.25) is 0 Å². The van der Waals surface area contributed by atoms with Crippen LogP contribution in [0.2, 0.25) is 0 Å². The van der Waals surface area contributed by atoms with E-state index >= 15 is 0 Å². The van der Waals surface area contributed by atoms with Crippen LogP contribution in [0.15, 0.2) is 4.52 Å². The highest BCUT2D eigenvalue weighted by Gasteiger charge is 2.27. The summed E-state index contributed by atoms with van der Waals surface area (Å²) in [7, 11) is 2.10. The number of aromatic nitrogens is 2. The highest BCUT2D eigenvalue weighted by molar-refractivity contribution is 5.85. The fourth-order valence-corrected chi connectivity index (χ4v) is 3.37. The van der Waals surface area contributed by atoms with Crippen LogP contribution >= 0.6 is 12.4 Å². The van der Waals surface area contributed by atoms with E-state index in [9.17, 15) is 0 Å². The van der Waals surface area contributed by atoms with Crippen molar-refractivity contribution in [1.29, 1.82) is 0 Å². The minimum Gasteiger partial charge on any atom is -0.365 e. The summed E-state index contributed by atoms with van der Waals surface area (Å²) in [6.45, 7) is 4.90. The maximum atomic E-state index is 6.16. The molecule has 0 aromatic carbocycles. The summed E-state index contributed by atoms with van der Waals surface area (Å²) < 4.78 is 11.6. The number of hydrogen-bond acceptors (Lipinski definition) is 6. The highest BCUT2D eigenvalue weighted by Crippen LogP contribution is 2.26. The molecule has 1 saturated heterocycles. The maximum Gasteiger partial charge on any atom is 0.255 e. The second-order valence-corrected chi connectivity index (χ2v) is 6.58. The van der Waals surface area contributed by atoms with Crippen LogP contribution < -0.4 is 5.32 Å². The quantitative estimate of drug-likeness (QED) is 0.847. The zero-order valence-electron chi connectivity index (χ0n) is 14.2. The van der Waals surface area contributed by atoms with Gasteiger partial charge in [-0.2, -0.15) is 4.98 Å².